The molecule has 3 heteroatoms. The second-order valence-corrected chi connectivity index (χ2v) is 5.35. The Morgan fingerprint density at radius 3 is 2.47 bits per heavy atom. The minimum Gasteiger partial charge on any atom is -0.394 e. The lowest BCUT2D eigenvalue weighted by Crippen LogP contribution is -2.36. The van der Waals surface area contributed by atoms with Crippen molar-refractivity contribution in [2.45, 2.75) is 39.2 Å². The van der Waals surface area contributed by atoms with Gasteiger partial charge in [0, 0.05) is 11.6 Å². The molecule has 0 aliphatic carbocycles. The molecule has 1 aromatic carbocycles. The quantitative estimate of drug-likeness (QED) is 0.843. The van der Waals surface area contributed by atoms with Crippen molar-refractivity contribution in [1.29, 1.82) is 0 Å². The molecule has 17 heavy (non-hydrogen) atoms. The predicted octanol–water partition coefficient (Wildman–Crippen LogP) is 2.09. The van der Waals surface area contributed by atoms with Crippen LogP contribution in [-0.2, 0) is 5.41 Å². The van der Waals surface area contributed by atoms with Gasteiger partial charge in [-0.3, -0.25) is 4.79 Å². The summed E-state index contributed by atoms with van der Waals surface area (Å²) in [5.74, 6) is -0.128. The van der Waals surface area contributed by atoms with Gasteiger partial charge in [-0.05, 0) is 24.0 Å². The zero-order valence-corrected chi connectivity index (χ0v) is 10.9. The second kappa shape index (κ2) is 5.32. The molecule has 1 atom stereocenters. The fraction of sp³-hybridized carbons (Fsp3) is 0.500. The van der Waals surface area contributed by atoms with Gasteiger partial charge in [-0.25, -0.2) is 0 Å². The number of carbonyl (C=O) groups is 1. The summed E-state index contributed by atoms with van der Waals surface area (Å²) in [4.78, 5) is 12.1. The number of rotatable bonds is 3. The standard InChI is InChI=1S/C14H21NO2/c1-10(9-16)15-13(17)11-7-5-6-8-12(11)14(2,3)4/h5-8,10,16H,9H2,1-4H3,(H,15,17)/t10-/m1/s1. The predicted molar refractivity (Wildman–Crippen MR) is 69.2 cm³/mol. The van der Waals surface area contributed by atoms with E-state index >= 15 is 0 Å². The van der Waals surface area contributed by atoms with Gasteiger partial charge in [0.1, 0.15) is 0 Å². The first-order valence-electron chi connectivity index (χ1n) is 5.87. The van der Waals surface area contributed by atoms with Gasteiger partial charge in [0.05, 0.1) is 6.61 Å². The van der Waals surface area contributed by atoms with Crippen molar-refractivity contribution in [2.24, 2.45) is 0 Å². The molecule has 1 amide bonds. The maximum Gasteiger partial charge on any atom is 0.251 e. The van der Waals surface area contributed by atoms with Crippen LogP contribution in [0.25, 0.3) is 0 Å². The number of aliphatic hydroxyl groups is 1. The van der Waals surface area contributed by atoms with Crippen LogP contribution in [0, 0.1) is 0 Å². The molecule has 0 aromatic heterocycles. The Morgan fingerprint density at radius 2 is 1.94 bits per heavy atom. The number of aliphatic hydroxyl groups excluding tert-OH is 1. The number of hydrogen-bond acceptors (Lipinski definition) is 2. The molecule has 0 radical (unpaired) electrons. The normalized spacial score (nSPS) is 13.2. The van der Waals surface area contributed by atoms with E-state index in [1.54, 1.807) is 6.92 Å². The Morgan fingerprint density at radius 1 is 1.35 bits per heavy atom. The Bertz CT molecular complexity index is 393. The summed E-state index contributed by atoms with van der Waals surface area (Å²) < 4.78 is 0. The molecular weight excluding hydrogens is 214 g/mol. The Hall–Kier alpha value is -1.35. The maximum atomic E-state index is 12.1. The minimum atomic E-state index is -0.226. The van der Waals surface area contributed by atoms with Crippen molar-refractivity contribution in [3.63, 3.8) is 0 Å². The second-order valence-electron chi connectivity index (χ2n) is 5.35. The Kier molecular flexibility index (Phi) is 4.29. The van der Waals surface area contributed by atoms with E-state index < -0.39 is 0 Å². The van der Waals surface area contributed by atoms with E-state index in [0.29, 0.717) is 5.56 Å². The monoisotopic (exact) mass is 235 g/mol. The summed E-state index contributed by atoms with van der Waals surface area (Å²) >= 11 is 0. The van der Waals surface area contributed by atoms with Crippen LogP contribution in [0.4, 0.5) is 0 Å². The summed E-state index contributed by atoms with van der Waals surface area (Å²) in [6.45, 7) is 7.96. The van der Waals surface area contributed by atoms with Crippen LogP contribution in [0.15, 0.2) is 24.3 Å². The molecule has 0 saturated heterocycles. The lowest BCUT2D eigenvalue weighted by Gasteiger charge is -2.23. The average molecular weight is 235 g/mol. The van der Waals surface area contributed by atoms with E-state index in [2.05, 4.69) is 26.1 Å². The first-order valence-corrected chi connectivity index (χ1v) is 5.87. The first-order chi connectivity index (χ1) is 7.86. The molecule has 0 bridgehead atoms. The zero-order valence-electron chi connectivity index (χ0n) is 10.9. The van der Waals surface area contributed by atoms with E-state index in [4.69, 9.17) is 5.11 Å². The van der Waals surface area contributed by atoms with Crippen LogP contribution in [-0.4, -0.2) is 23.7 Å². The van der Waals surface area contributed by atoms with E-state index in [1.807, 2.05) is 24.3 Å². The summed E-state index contributed by atoms with van der Waals surface area (Å²) in [7, 11) is 0. The molecule has 0 fully saturated rings. The molecule has 1 aromatic rings. The van der Waals surface area contributed by atoms with E-state index in [1.165, 1.54) is 0 Å². The highest BCUT2D eigenvalue weighted by molar-refractivity contribution is 5.96. The third-order valence-electron chi connectivity index (χ3n) is 2.63. The highest BCUT2D eigenvalue weighted by atomic mass is 16.3. The third kappa shape index (κ3) is 3.56. The molecule has 0 unspecified atom stereocenters. The Labute approximate surface area is 103 Å². The molecule has 94 valence electrons. The Balaban J connectivity index is 3.02. The van der Waals surface area contributed by atoms with Gasteiger partial charge in [-0.15, -0.1) is 0 Å². The number of carbonyl (C=O) groups excluding carboxylic acids is 1. The summed E-state index contributed by atoms with van der Waals surface area (Å²) in [6.07, 6.45) is 0. The molecule has 2 N–H and O–H groups in total. The van der Waals surface area contributed by atoms with Crippen molar-refractivity contribution in [1.82, 2.24) is 5.32 Å². The van der Waals surface area contributed by atoms with Crippen LogP contribution in [0.3, 0.4) is 0 Å². The van der Waals surface area contributed by atoms with Crippen molar-refractivity contribution in [3.05, 3.63) is 35.4 Å². The number of nitrogens with one attached hydrogen (secondary N) is 1. The molecule has 3 nitrogen and oxygen atoms in total. The van der Waals surface area contributed by atoms with Gasteiger partial charge in [0.2, 0.25) is 0 Å². The molecule has 0 saturated carbocycles. The lowest BCUT2D eigenvalue weighted by atomic mass is 9.83. The van der Waals surface area contributed by atoms with Crippen LogP contribution in [0.1, 0.15) is 43.6 Å². The summed E-state index contributed by atoms with van der Waals surface area (Å²) in [5, 5.41) is 11.7. The summed E-state index contributed by atoms with van der Waals surface area (Å²) in [6, 6.07) is 7.36. The topological polar surface area (TPSA) is 49.3 Å². The average Bonchev–Trinajstić information content (AvgIpc) is 2.27. The van der Waals surface area contributed by atoms with E-state index in [-0.39, 0.29) is 24.0 Å². The molecule has 0 heterocycles. The van der Waals surface area contributed by atoms with Gasteiger partial charge in [-0.1, -0.05) is 39.0 Å². The number of amides is 1. The van der Waals surface area contributed by atoms with Crippen molar-refractivity contribution in [2.75, 3.05) is 6.61 Å². The van der Waals surface area contributed by atoms with Crippen molar-refractivity contribution in [3.8, 4) is 0 Å². The van der Waals surface area contributed by atoms with Crippen molar-refractivity contribution >= 4 is 5.91 Å². The number of hydrogen-bond donors (Lipinski definition) is 2. The fourth-order valence-electron chi connectivity index (χ4n) is 1.68. The first kappa shape index (κ1) is 13.7. The molecular formula is C14H21NO2. The van der Waals surface area contributed by atoms with Crippen LogP contribution >= 0.6 is 0 Å². The van der Waals surface area contributed by atoms with Gasteiger partial charge >= 0.3 is 0 Å². The SMILES string of the molecule is C[C@H](CO)NC(=O)c1ccccc1C(C)(C)C. The van der Waals surface area contributed by atoms with Gasteiger partial charge in [-0.2, -0.15) is 0 Å². The van der Waals surface area contributed by atoms with Crippen LogP contribution < -0.4 is 5.32 Å². The zero-order chi connectivity index (χ0) is 13.1. The molecule has 1 rings (SSSR count). The smallest absolute Gasteiger partial charge is 0.251 e. The molecule has 0 aliphatic heterocycles. The highest BCUT2D eigenvalue weighted by Crippen LogP contribution is 2.25. The fourth-order valence-corrected chi connectivity index (χ4v) is 1.68. The molecule has 0 aliphatic rings. The van der Waals surface area contributed by atoms with Gasteiger partial charge in [0.15, 0.2) is 0 Å². The van der Waals surface area contributed by atoms with E-state index in [0.717, 1.165) is 5.56 Å². The lowest BCUT2D eigenvalue weighted by molar-refractivity contribution is 0.0920. The van der Waals surface area contributed by atoms with Crippen LogP contribution in [0.5, 0.6) is 0 Å². The van der Waals surface area contributed by atoms with Gasteiger partial charge < -0.3 is 10.4 Å². The van der Waals surface area contributed by atoms with Gasteiger partial charge in [0.25, 0.3) is 5.91 Å². The number of benzene rings is 1. The third-order valence-corrected chi connectivity index (χ3v) is 2.63. The van der Waals surface area contributed by atoms with Crippen molar-refractivity contribution < 1.29 is 9.90 Å². The minimum absolute atomic E-state index is 0.0522. The summed E-state index contributed by atoms with van der Waals surface area (Å²) in [5.41, 5.74) is 1.62. The van der Waals surface area contributed by atoms with Crippen LogP contribution in [0.2, 0.25) is 0 Å². The van der Waals surface area contributed by atoms with E-state index in [9.17, 15) is 4.79 Å². The molecule has 0 spiro atoms. The maximum absolute atomic E-state index is 12.1. The largest absolute Gasteiger partial charge is 0.394 e. The highest BCUT2D eigenvalue weighted by Gasteiger charge is 2.21.